The summed E-state index contributed by atoms with van der Waals surface area (Å²) in [6.07, 6.45) is 7.31. The molecule has 160 valence electrons. The summed E-state index contributed by atoms with van der Waals surface area (Å²) < 4.78 is 0. The van der Waals surface area contributed by atoms with Crippen molar-refractivity contribution in [2.24, 2.45) is 0 Å². The number of amides is 1. The number of anilines is 1. The molecule has 0 heterocycles. The standard InChI is InChI=1S/C29H33NO/c1-5-8-9-10-22-11-17-28(23(6-2)20-22)25-14-18-27(21(4)19-25)24-12-15-26(16-13-24)30-29(31)7-3/h7,11-20H,3,5-6,8-10H2,1-2,4H3,(H,30,31). The van der Waals surface area contributed by atoms with Crippen molar-refractivity contribution in [3.63, 3.8) is 0 Å². The number of unbranched alkanes of at least 4 members (excludes halogenated alkanes) is 2. The summed E-state index contributed by atoms with van der Waals surface area (Å²) in [6.45, 7) is 10.1. The molecule has 3 rings (SSSR count). The Morgan fingerprint density at radius 2 is 1.61 bits per heavy atom. The Hall–Kier alpha value is -3.13. The van der Waals surface area contributed by atoms with Crippen LogP contribution in [0.25, 0.3) is 22.3 Å². The highest BCUT2D eigenvalue weighted by Crippen LogP contribution is 2.32. The van der Waals surface area contributed by atoms with Gasteiger partial charge in [-0.1, -0.05) is 81.8 Å². The molecule has 0 aromatic heterocycles. The van der Waals surface area contributed by atoms with Gasteiger partial charge in [-0.25, -0.2) is 0 Å². The maximum Gasteiger partial charge on any atom is 0.247 e. The van der Waals surface area contributed by atoms with E-state index in [0.717, 1.165) is 17.7 Å². The molecular formula is C29H33NO. The molecule has 3 aromatic rings. The molecule has 0 fully saturated rings. The van der Waals surface area contributed by atoms with Crippen molar-refractivity contribution in [3.8, 4) is 22.3 Å². The minimum Gasteiger partial charge on any atom is -0.323 e. The second-order valence-corrected chi connectivity index (χ2v) is 8.10. The summed E-state index contributed by atoms with van der Waals surface area (Å²) >= 11 is 0. The van der Waals surface area contributed by atoms with Crippen molar-refractivity contribution in [2.75, 3.05) is 5.32 Å². The molecule has 0 saturated carbocycles. The Bertz CT molecular complexity index is 1050. The van der Waals surface area contributed by atoms with Crippen molar-refractivity contribution >= 4 is 11.6 Å². The zero-order chi connectivity index (χ0) is 22.2. The van der Waals surface area contributed by atoms with Crippen LogP contribution in [-0.4, -0.2) is 5.91 Å². The van der Waals surface area contributed by atoms with Crippen LogP contribution in [0.15, 0.2) is 73.3 Å². The number of nitrogens with one attached hydrogen (secondary N) is 1. The summed E-state index contributed by atoms with van der Waals surface area (Å²) in [5.41, 5.74) is 9.84. The molecule has 0 radical (unpaired) electrons. The Labute approximate surface area is 187 Å². The first-order valence-electron chi connectivity index (χ1n) is 11.3. The third kappa shape index (κ3) is 5.73. The van der Waals surface area contributed by atoms with Crippen LogP contribution in [0.2, 0.25) is 0 Å². The molecule has 0 aliphatic carbocycles. The third-order valence-electron chi connectivity index (χ3n) is 5.81. The molecule has 31 heavy (non-hydrogen) atoms. The van der Waals surface area contributed by atoms with Gasteiger partial charge in [0.1, 0.15) is 0 Å². The number of carbonyl (C=O) groups is 1. The summed E-state index contributed by atoms with van der Waals surface area (Å²) in [5.74, 6) is -0.198. The Morgan fingerprint density at radius 1 is 0.903 bits per heavy atom. The molecule has 0 atom stereocenters. The van der Waals surface area contributed by atoms with Crippen LogP contribution in [0.1, 0.15) is 49.8 Å². The average Bonchev–Trinajstić information content (AvgIpc) is 2.79. The second-order valence-electron chi connectivity index (χ2n) is 8.10. The molecule has 0 aliphatic rings. The number of carbonyl (C=O) groups excluding carboxylic acids is 1. The van der Waals surface area contributed by atoms with E-state index in [1.807, 2.05) is 24.3 Å². The number of aryl methyl sites for hydroxylation is 3. The van der Waals surface area contributed by atoms with Crippen molar-refractivity contribution < 1.29 is 4.79 Å². The van der Waals surface area contributed by atoms with Crippen molar-refractivity contribution in [2.45, 2.75) is 52.9 Å². The van der Waals surface area contributed by atoms with Crippen LogP contribution in [0.5, 0.6) is 0 Å². The summed E-state index contributed by atoms with van der Waals surface area (Å²) in [7, 11) is 0. The Balaban J connectivity index is 1.83. The first kappa shape index (κ1) is 22.6. The van der Waals surface area contributed by atoms with Gasteiger partial charge < -0.3 is 5.32 Å². The number of rotatable bonds is 9. The average molecular weight is 412 g/mol. The molecular weight excluding hydrogens is 378 g/mol. The van der Waals surface area contributed by atoms with Gasteiger partial charge in [-0.2, -0.15) is 0 Å². The van der Waals surface area contributed by atoms with E-state index in [1.165, 1.54) is 65.1 Å². The van der Waals surface area contributed by atoms with Crippen molar-refractivity contribution in [1.29, 1.82) is 0 Å². The van der Waals surface area contributed by atoms with Crippen LogP contribution in [-0.2, 0) is 17.6 Å². The van der Waals surface area contributed by atoms with Gasteiger partial charge >= 0.3 is 0 Å². The van der Waals surface area contributed by atoms with Gasteiger partial charge in [-0.05, 0) is 83.3 Å². The normalized spacial score (nSPS) is 10.7. The van der Waals surface area contributed by atoms with Gasteiger partial charge in [0.2, 0.25) is 5.91 Å². The van der Waals surface area contributed by atoms with E-state index in [9.17, 15) is 4.79 Å². The molecule has 0 saturated heterocycles. The minimum absolute atomic E-state index is 0.198. The largest absolute Gasteiger partial charge is 0.323 e. The quantitative estimate of drug-likeness (QED) is 0.283. The van der Waals surface area contributed by atoms with E-state index in [0.29, 0.717) is 0 Å². The molecule has 0 bridgehead atoms. The maximum atomic E-state index is 11.5. The highest BCUT2D eigenvalue weighted by atomic mass is 16.1. The second kappa shape index (κ2) is 10.8. The van der Waals surface area contributed by atoms with Gasteiger partial charge in [0.05, 0.1) is 0 Å². The zero-order valence-corrected chi connectivity index (χ0v) is 19.0. The van der Waals surface area contributed by atoms with Gasteiger partial charge in [0.25, 0.3) is 0 Å². The lowest BCUT2D eigenvalue weighted by atomic mass is 9.91. The van der Waals surface area contributed by atoms with Crippen LogP contribution >= 0.6 is 0 Å². The lowest BCUT2D eigenvalue weighted by Crippen LogP contribution is -2.06. The number of hydrogen-bond donors (Lipinski definition) is 1. The number of hydrogen-bond acceptors (Lipinski definition) is 1. The van der Waals surface area contributed by atoms with E-state index in [1.54, 1.807) is 0 Å². The smallest absolute Gasteiger partial charge is 0.247 e. The van der Waals surface area contributed by atoms with Crippen LogP contribution in [0.4, 0.5) is 5.69 Å². The van der Waals surface area contributed by atoms with E-state index in [4.69, 9.17) is 0 Å². The molecule has 0 aliphatic heterocycles. The Morgan fingerprint density at radius 3 is 2.26 bits per heavy atom. The van der Waals surface area contributed by atoms with E-state index in [2.05, 4.69) is 69.1 Å². The molecule has 1 amide bonds. The van der Waals surface area contributed by atoms with Gasteiger partial charge in [-0.3, -0.25) is 4.79 Å². The summed E-state index contributed by atoms with van der Waals surface area (Å²) in [5, 5.41) is 2.79. The van der Waals surface area contributed by atoms with Crippen molar-refractivity contribution in [1.82, 2.24) is 0 Å². The molecule has 0 unspecified atom stereocenters. The fourth-order valence-corrected chi connectivity index (χ4v) is 4.04. The Kier molecular flexibility index (Phi) is 7.83. The van der Waals surface area contributed by atoms with Crippen LogP contribution in [0.3, 0.4) is 0 Å². The van der Waals surface area contributed by atoms with E-state index < -0.39 is 0 Å². The summed E-state index contributed by atoms with van der Waals surface area (Å²) in [6, 6.07) is 21.6. The van der Waals surface area contributed by atoms with Crippen LogP contribution in [0, 0.1) is 6.92 Å². The highest BCUT2D eigenvalue weighted by Gasteiger charge is 2.09. The number of benzene rings is 3. The maximum absolute atomic E-state index is 11.5. The molecule has 1 N–H and O–H groups in total. The lowest BCUT2D eigenvalue weighted by molar-refractivity contribution is -0.111. The molecule has 2 heteroatoms. The van der Waals surface area contributed by atoms with E-state index in [-0.39, 0.29) is 5.91 Å². The topological polar surface area (TPSA) is 29.1 Å². The highest BCUT2D eigenvalue weighted by molar-refractivity contribution is 5.99. The lowest BCUT2D eigenvalue weighted by Gasteiger charge is -2.14. The summed E-state index contributed by atoms with van der Waals surface area (Å²) in [4.78, 5) is 11.5. The van der Waals surface area contributed by atoms with Gasteiger partial charge in [-0.15, -0.1) is 0 Å². The van der Waals surface area contributed by atoms with Crippen LogP contribution < -0.4 is 5.32 Å². The predicted octanol–water partition coefficient (Wildman–Crippen LogP) is 7.75. The first-order valence-corrected chi connectivity index (χ1v) is 11.3. The SMILES string of the molecule is C=CC(=O)Nc1ccc(-c2ccc(-c3ccc(CCCCC)cc3CC)cc2C)cc1. The fourth-order valence-electron chi connectivity index (χ4n) is 4.04. The van der Waals surface area contributed by atoms with Gasteiger partial charge in [0, 0.05) is 5.69 Å². The third-order valence-corrected chi connectivity index (χ3v) is 5.81. The van der Waals surface area contributed by atoms with Crippen molar-refractivity contribution in [3.05, 3.63) is 90.0 Å². The molecule has 0 spiro atoms. The minimum atomic E-state index is -0.198. The predicted molar refractivity (Wildman–Crippen MR) is 133 cm³/mol. The van der Waals surface area contributed by atoms with E-state index >= 15 is 0 Å². The first-order chi connectivity index (χ1) is 15.0. The zero-order valence-electron chi connectivity index (χ0n) is 19.0. The van der Waals surface area contributed by atoms with Gasteiger partial charge in [0.15, 0.2) is 0 Å². The monoisotopic (exact) mass is 411 g/mol. The fraction of sp³-hybridized carbons (Fsp3) is 0.276. The molecule has 3 aromatic carbocycles. The molecule has 2 nitrogen and oxygen atoms in total.